The molecule has 158 valence electrons. The Morgan fingerprint density at radius 1 is 1.10 bits per heavy atom. The zero-order valence-electron chi connectivity index (χ0n) is 17.0. The van der Waals surface area contributed by atoms with E-state index in [1.165, 1.54) is 29.3 Å². The smallest absolute Gasteiger partial charge is 0.256 e. The topological polar surface area (TPSA) is 49.3 Å². The summed E-state index contributed by atoms with van der Waals surface area (Å²) in [6.07, 6.45) is 2.33. The first-order valence-corrected chi connectivity index (χ1v) is 10.9. The summed E-state index contributed by atoms with van der Waals surface area (Å²) in [6, 6.07) is 6.19. The Morgan fingerprint density at radius 2 is 1.80 bits per heavy atom. The van der Waals surface area contributed by atoms with Gasteiger partial charge in [-0.3, -0.25) is 4.79 Å². The van der Waals surface area contributed by atoms with Gasteiger partial charge in [-0.2, -0.15) is 0 Å². The average molecular weight is 446 g/mol. The minimum atomic E-state index is -0.462. The van der Waals surface area contributed by atoms with Crippen LogP contribution >= 0.6 is 11.3 Å². The number of amides is 1. The van der Waals surface area contributed by atoms with Crippen LogP contribution in [0.4, 0.5) is 10.2 Å². The Labute approximate surface area is 185 Å². The third-order valence-electron chi connectivity index (χ3n) is 5.94. The largest absolute Gasteiger partial charge is 1.00 e. The molecule has 0 spiro atoms. The van der Waals surface area contributed by atoms with Crippen molar-refractivity contribution < 1.29 is 21.6 Å². The highest BCUT2D eigenvalue weighted by atomic mass is 35.5. The lowest BCUT2D eigenvalue weighted by atomic mass is 10.1. The number of benzene rings is 1. The van der Waals surface area contributed by atoms with Crippen molar-refractivity contribution in [1.29, 1.82) is 0 Å². The fourth-order valence-electron chi connectivity index (χ4n) is 3.92. The molecule has 5 rings (SSSR count). The summed E-state index contributed by atoms with van der Waals surface area (Å²) in [7, 11) is 0. The first kappa shape index (κ1) is 21.0. The summed E-state index contributed by atoms with van der Waals surface area (Å²) >= 11 is 1.74. The molecule has 0 N–H and O–H groups in total. The van der Waals surface area contributed by atoms with Crippen molar-refractivity contribution in [1.82, 2.24) is 14.9 Å². The van der Waals surface area contributed by atoms with E-state index in [0.29, 0.717) is 32.1 Å². The van der Waals surface area contributed by atoms with E-state index in [1.807, 2.05) is 0 Å². The second-order valence-electron chi connectivity index (χ2n) is 7.90. The maximum atomic E-state index is 14.0. The minimum absolute atomic E-state index is 0. The van der Waals surface area contributed by atoms with Gasteiger partial charge < -0.3 is 22.2 Å². The predicted molar refractivity (Wildman–Crippen MR) is 113 cm³/mol. The summed E-state index contributed by atoms with van der Waals surface area (Å²) in [4.78, 5) is 28.9. The lowest BCUT2D eigenvalue weighted by molar-refractivity contribution is -0.0000168. The number of rotatable bonds is 3. The second-order valence-corrected chi connectivity index (χ2v) is 9.11. The van der Waals surface area contributed by atoms with Crippen LogP contribution in [-0.4, -0.2) is 47.0 Å². The quantitative estimate of drug-likeness (QED) is 0.609. The summed E-state index contributed by atoms with van der Waals surface area (Å²) in [5.74, 6) is 1.74. The van der Waals surface area contributed by atoms with Gasteiger partial charge in [0.1, 0.15) is 22.3 Å². The van der Waals surface area contributed by atoms with Crippen molar-refractivity contribution in [2.24, 2.45) is 0 Å². The van der Waals surface area contributed by atoms with Crippen LogP contribution < -0.4 is 17.3 Å². The molecule has 8 heteroatoms. The third kappa shape index (κ3) is 3.65. The number of aryl methyl sites for hydroxylation is 2. The Morgan fingerprint density at radius 3 is 2.47 bits per heavy atom. The zero-order chi connectivity index (χ0) is 20.1. The average Bonchev–Trinajstić information content (AvgIpc) is 3.54. The van der Waals surface area contributed by atoms with Crippen molar-refractivity contribution in [3.8, 4) is 0 Å². The van der Waals surface area contributed by atoms with Gasteiger partial charge in [-0.25, -0.2) is 14.4 Å². The van der Waals surface area contributed by atoms with E-state index in [2.05, 4.69) is 18.7 Å². The molecule has 1 aromatic carbocycles. The Bertz CT molecular complexity index is 1110. The number of anilines is 1. The standard InChI is InChI=1S/C22H23FN4OS.ClH/c1-13-14(2)29-21-18(13)20(24-19(25-21)15-7-8-15)26-9-11-27(12-10-26)22(28)16-5-3-4-6-17(16)23;/h3-6,15H,7-12H2,1-2H3;1H/p-1. The molecule has 1 aliphatic carbocycles. The molecule has 5 nitrogen and oxygen atoms in total. The van der Waals surface area contributed by atoms with E-state index in [-0.39, 0.29) is 23.9 Å². The summed E-state index contributed by atoms with van der Waals surface area (Å²) in [6.45, 7) is 6.75. The number of hydrogen-bond acceptors (Lipinski definition) is 5. The minimum Gasteiger partial charge on any atom is -1.00 e. The first-order chi connectivity index (χ1) is 14.0. The van der Waals surface area contributed by atoms with Gasteiger partial charge in [0.05, 0.1) is 10.9 Å². The van der Waals surface area contributed by atoms with Crippen molar-refractivity contribution in [2.45, 2.75) is 32.6 Å². The molecule has 0 radical (unpaired) electrons. The van der Waals surface area contributed by atoms with E-state index in [4.69, 9.17) is 9.97 Å². The molecule has 2 aromatic heterocycles. The monoisotopic (exact) mass is 445 g/mol. The van der Waals surface area contributed by atoms with Crippen LogP contribution in [0.25, 0.3) is 10.2 Å². The number of aromatic nitrogens is 2. The normalized spacial score (nSPS) is 16.6. The summed E-state index contributed by atoms with van der Waals surface area (Å²) in [5.41, 5.74) is 1.39. The van der Waals surface area contributed by atoms with Gasteiger partial charge in [0.25, 0.3) is 5.91 Å². The first-order valence-electron chi connectivity index (χ1n) is 10.1. The molecule has 3 aromatic rings. The third-order valence-corrected chi connectivity index (χ3v) is 7.04. The molecule has 2 aliphatic rings. The Hall–Kier alpha value is -2.25. The van der Waals surface area contributed by atoms with E-state index >= 15 is 0 Å². The van der Waals surface area contributed by atoms with Crippen LogP contribution in [0.15, 0.2) is 24.3 Å². The predicted octanol–water partition coefficient (Wildman–Crippen LogP) is 1.29. The SMILES string of the molecule is Cc1sc2nc(C3CC3)nc(N3CCN(C(=O)c4ccccc4F)CC3)c2c1C.[Cl-]. The van der Waals surface area contributed by atoms with Crippen molar-refractivity contribution in [2.75, 3.05) is 31.1 Å². The molecule has 1 saturated carbocycles. The second kappa shape index (κ2) is 8.12. The van der Waals surface area contributed by atoms with Gasteiger partial charge >= 0.3 is 0 Å². The van der Waals surface area contributed by atoms with E-state index in [1.54, 1.807) is 34.4 Å². The molecule has 2 fully saturated rings. The molecule has 30 heavy (non-hydrogen) atoms. The number of halogens is 2. The van der Waals surface area contributed by atoms with Crippen molar-refractivity contribution >= 4 is 33.3 Å². The van der Waals surface area contributed by atoms with Crippen LogP contribution in [0, 0.1) is 19.7 Å². The Balaban J connectivity index is 0.00000218. The van der Waals surface area contributed by atoms with Gasteiger partial charge in [0, 0.05) is 37.0 Å². The van der Waals surface area contributed by atoms with E-state index < -0.39 is 5.82 Å². The number of thiophene rings is 1. The highest BCUT2D eigenvalue weighted by Crippen LogP contribution is 2.42. The lowest BCUT2D eigenvalue weighted by Gasteiger charge is -2.36. The van der Waals surface area contributed by atoms with Crippen LogP contribution in [-0.2, 0) is 0 Å². The van der Waals surface area contributed by atoms with Crippen LogP contribution in [0.3, 0.4) is 0 Å². The molecule has 1 amide bonds. The zero-order valence-corrected chi connectivity index (χ0v) is 18.6. The lowest BCUT2D eigenvalue weighted by Crippen LogP contribution is -3.00. The van der Waals surface area contributed by atoms with E-state index in [9.17, 15) is 9.18 Å². The van der Waals surface area contributed by atoms with Crippen molar-refractivity contribution in [3.63, 3.8) is 0 Å². The number of piperazine rings is 1. The molecule has 0 unspecified atom stereocenters. The highest BCUT2D eigenvalue weighted by molar-refractivity contribution is 7.18. The number of carbonyl (C=O) groups excluding carboxylic acids is 1. The fourth-order valence-corrected chi connectivity index (χ4v) is 4.95. The van der Waals surface area contributed by atoms with Gasteiger partial charge in [-0.05, 0) is 44.4 Å². The van der Waals surface area contributed by atoms with Gasteiger partial charge in [0.2, 0.25) is 0 Å². The van der Waals surface area contributed by atoms with Crippen LogP contribution in [0.2, 0.25) is 0 Å². The molecular weight excluding hydrogens is 423 g/mol. The number of nitrogens with zero attached hydrogens (tertiary/aromatic N) is 4. The van der Waals surface area contributed by atoms with Crippen LogP contribution in [0.5, 0.6) is 0 Å². The van der Waals surface area contributed by atoms with Gasteiger partial charge in [-0.15, -0.1) is 11.3 Å². The summed E-state index contributed by atoms with van der Waals surface area (Å²) < 4.78 is 14.0. The molecule has 0 atom stereocenters. The van der Waals surface area contributed by atoms with Gasteiger partial charge in [0.15, 0.2) is 0 Å². The van der Waals surface area contributed by atoms with E-state index in [0.717, 1.165) is 21.9 Å². The molecular formula is C22H23ClFN4OS-. The fraction of sp³-hybridized carbons (Fsp3) is 0.409. The summed E-state index contributed by atoms with van der Waals surface area (Å²) in [5, 5.41) is 1.14. The molecule has 3 heterocycles. The number of carbonyl (C=O) groups is 1. The molecule has 1 aliphatic heterocycles. The maximum Gasteiger partial charge on any atom is 0.256 e. The number of fused-ring (bicyclic) bond motifs is 1. The Kier molecular flexibility index (Phi) is 5.68. The maximum absolute atomic E-state index is 14.0. The molecule has 0 bridgehead atoms. The van der Waals surface area contributed by atoms with Crippen molar-refractivity contribution in [3.05, 3.63) is 51.9 Å². The number of hydrogen-bond donors (Lipinski definition) is 0. The molecule has 1 saturated heterocycles. The van der Waals surface area contributed by atoms with Gasteiger partial charge in [-0.1, -0.05) is 12.1 Å². The highest BCUT2D eigenvalue weighted by Gasteiger charge is 2.31. The van der Waals surface area contributed by atoms with Crippen LogP contribution in [0.1, 0.15) is 45.4 Å².